The molecule has 0 spiro atoms. The van der Waals surface area contributed by atoms with Gasteiger partial charge in [-0.3, -0.25) is 0 Å². The molecule has 0 saturated carbocycles. The second kappa shape index (κ2) is 11.1. The first-order valence-corrected chi connectivity index (χ1v) is 12.6. The molecule has 0 N–H and O–H groups in total. The molecule has 9 heteroatoms. The van der Waals surface area contributed by atoms with E-state index in [2.05, 4.69) is 0 Å². The molecule has 180 valence electrons. The molecule has 4 aromatic rings. The zero-order chi connectivity index (χ0) is 22.9. The van der Waals surface area contributed by atoms with Gasteiger partial charge in [-0.15, -0.1) is 0 Å². The molecule has 0 amide bonds. The second-order valence-corrected chi connectivity index (χ2v) is 10.00. The maximum atomic E-state index is 15.3. The molecule has 6 rings (SSSR count). The third-order valence-electron chi connectivity index (χ3n) is 6.85. The Morgan fingerprint density at radius 2 is 1.03 bits per heavy atom. The summed E-state index contributed by atoms with van der Waals surface area (Å²) in [6.07, 6.45) is 0. The molecule has 2 aliphatic carbocycles. The zero-order valence-corrected chi connectivity index (χ0v) is 24.0. The van der Waals surface area contributed by atoms with Gasteiger partial charge in [-0.1, -0.05) is 36.4 Å². The van der Waals surface area contributed by atoms with Crippen LogP contribution in [0.3, 0.4) is 0 Å². The van der Waals surface area contributed by atoms with Crippen molar-refractivity contribution >= 4 is 19.9 Å². The standard InChI is InChI=1S/C27H15ClF4Si.2ClH.Zr/c28-33-27(25-19-11-13(29)7-9-15(19)17-3-1-5-21(31)23(17)25)26-20-12-14(30)8-10-16(20)18-4-2-6-22(32)24(18)26;;;/h1-12,25-27H;2*1H;/q;;;+2/p-2. The average Bonchev–Trinajstić information content (AvgIpc) is 3.29. The van der Waals surface area contributed by atoms with Crippen LogP contribution in [-0.2, 0) is 26.2 Å². The summed E-state index contributed by atoms with van der Waals surface area (Å²) in [6, 6.07) is 18.4. The van der Waals surface area contributed by atoms with Gasteiger partial charge in [0.2, 0.25) is 0 Å². The minimum absolute atomic E-state index is 0. The predicted octanol–water partition coefficient (Wildman–Crippen LogP) is 1.82. The van der Waals surface area contributed by atoms with Crippen molar-refractivity contribution < 1.29 is 68.6 Å². The summed E-state index contributed by atoms with van der Waals surface area (Å²) in [4.78, 5) is 0. The molecule has 0 aliphatic heterocycles. The van der Waals surface area contributed by atoms with Gasteiger partial charge in [0.25, 0.3) is 0 Å². The molecule has 2 unspecified atom stereocenters. The van der Waals surface area contributed by atoms with Crippen molar-refractivity contribution in [3.8, 4) is 22.3 Å². The van der Waals surface area contributed by atoms with E-state index >= 15 is 8.78 Å². The average molecular weight is 641 g/mol. The van der Waals surface area contributed by atoms with Gasteiger partial charge in [-0.05, 0) is 75.3 Å². The van der Waals surface area contributed by atoms with Gasteiger partial charge in [-0.2, -0.15) is 11.1 Å². The monoisotopic (exact) mass is 638 g/mol. The first kappa shape index (κ1) is 29.1. The van der Waals surface area contributed by atoms with Crippen molar-refractivity contribution in [1.82, 2.24) is 0 Å². The van der Waals surface area contributed by atoms with Gasteiger partial charge < -0.3 is 24.8 Å². The van der Waals surface area contributed by atoms with E-state index in [-0.39, 0.29) is 59.8 Å². The summed E-state index contributed by atoms with van der Waals surface area (Å²) < 4.78 is 59.2. The molecule has 2 aliphatic rings. The molecule has 0 fully saturated rings. The topological polar surface area (TPSA) is 0 Å². The van der Waals surface area contributed by atoms with Crippen LogP contribution in [0.2, 0.25) is 5.54 Å². The molecule has 0 saturated heterocycles. The van der Waals surface area contributed by atoms with Gasteiger partial charge in [0.1, 0.15) is 23.3 Å². The van der Waals surface area contributed by atoms with E-state index in [1.807, 2.05) is 0 Å². The normalized spacial score (nSPS) is 16.9. The molecule has 0 nitrogen and oxygen atoms in total. The van der Waals surface area contributed by atoms with Crippen molar-refractivity contribution in [2.24, 2.45) is 0 Å². The van der Waals surface area contributed by atoms with E-state index < -0.39 is 40.6 Å². The summed E-state index contributed by atoms with van der Waals surface area (Å²) in [5, 5.41) is 0. The van der Waals surface area contributed by atoms with Crippen molar-refractivity contribution in [2.45, 2.75) is 17.4 Å². The zero-order valence-electron chi connectivity index (χ0n) is 18.3. The maximum absolute atomic E-state index is 15.3. The van der Waals surface area contributed by atoms with Gasteiger partial charge in [0.15, 0.2) is 8.83 Å². The van der Waals surface area contributed by atoms with E-state index in [1.54, 1.807) is 36.4 Å². The molecular weight excluding hydrogens is 626 g/mol. The van der Waals surface area contributed by atoms with E-state index in [1.165, 1.54) is 36.4 Å². The SMILES string of the molecule is Fc1ccc2c(c1)C(C([Si]Cl)C1c3cc(F)ccc3-c3cccc(F)c31)c1c(F)cccc1-2.[Cl-].[Cl-].[Zr+2]. The Kier molecular flexibility index (Phi) is 9.00. The molecule has 36 heavy (non-hydrogen) atoms. The van der Waals surface area contributed by atoms with Crippen LogP contribution < -0.4 is 24.8 Å². The molecule has 0 aromatic heterocycles. The first-order valence-electron chi connectivity index (χ1n) is 10.5. The number of halogens is 7. The molecule has 2 atom stereocenters. The molecule has 0 bridgehead atoms. The van der Waals surface area contributed by atoms with Crippen LogP contribution >= 0.6 is 11.1 Å². The first-order chi connectivity index (χ1) is 16.0. The Hall–Kier alpha value is -1.43. The fourth-order valence-electron chi connectivity index (χ4n) is 5.62. The number of benzene rings is 4. The third kappa shape index (κ3) is 4.33. The summed E-state index contributed by atoms with van der Waals surface area (Å²) in [5.74, 6) is -2.91. The van der Waals surface area contributed by atoms with Gasteiger partial charge in [-0.25, -0.2) is 17.6 Å². The van der Waals surface area contributed by atoms with Crippen molar-refractivity contribution in [1.29, 1.82) is 0 Å². The Labute approximate surface area is 244 Å². The number of rotatable bonds is 3. The third-order valence-corrected chi connectivity index (χ3v) is 8.52. The van der Waals surface area contributed by atoms with Gasteiger partial charge in [0, 0.05) is 23.0 Å². The van der Waals surface area contributed by atoms with Crippen LogP contribution in [0.25, 0.3) is 22.3 Å². The summed E-state index contributed by atoms with van der Waals surface area (Å²) in [5.41, 5.74) is 4.43. The fourth-order valence-corrected chi connectivity index (χ4v) is 7.32. The van der Waals surface area contributed by atoms with Crippen LogP contribution in [-0.4, -0.2) is 8.83 Å². The van der Waals surface area contributed by atoms with E-state index in [0.717, 1.165) is 11.1 Å². The predicted molar refractivity (Wildman–Crippen MR) is 123 cm³/mol. The van der Waals surface area contributed by atoms with Crippen LogP contribution in [0, 0.1) is 23.3 Å². The quantitative estimate of drug-likeness (QED) is 0.182. The summed E-state index contributed by atoms with van der Waals surface area (Å²) >= 11 is 6.57. The Morgan fingerprint density at radius 3 is 1.42 bits per heavy atom. The van der Waals surface area contributed by atoms with Crippen molar-refractivity contribution in [3.63, 3.8) is 0 Å². The number of hydrogen-bond acceptors (Lipinski definition) is 0. The summed E-state index contributed by atoms with van der Waals surface area (Å²) in [6.45, 7) is 0. The van der Waals surface area contributed by atoms with Crippen LogP contribution in [0.5, 0.6) is 0 Å². The van der Waals surface area contributed by atoms with Gasteiger partial charge >= 0.3 is 26.2 Å². The molecule has 4 aromatic carbocycles. The maximum Gasteiger partial charge on any atom is 2.00 e. The molecule has 0 heterocycles. The van der Waals surface area contributed by atoms with Crippen LogP contribution in [0.15, 0.2) is 72.8 Å². The van der Waals surface area contributed by atoms with Crippen molar-refractivity contribution in [2.75, 3.05) is 0 Å². The van der Waals surface area contributed by atoms with E-state index in [0.29, 0.717) is 33.4 Å². The molecular formula is C27H15Cl3F4SiZr. The van der Waals surface area contributed by atoms with Crippen LogP contribution in [0.1, 0.15) is 34.1 Å². The minimum atomic E-state index is -0.602. The van der Waals surface area contributed by atoms with Gasteiger partial charge in [0.05, 0.1) is 0 Å². The number of fused-ring (bicyclic) bond motifs is 6. The minimum Gasteiger partial charge on any atom is -1.00 e. The largest absolute Gasteiger partial charge is 2.00 e. The smallest absolute Gasteiger partial charge is 1.00 e. The second-order valence-electron chi connectivity index (χ2n) is 8.46. The Morgan fingerprint density at radius 1 is 0.611 bits per heavy atom. The van der Waals surface area contributed by atoms with Crippen LogP contribution in [0.4, 0.5) is 17.6 Å². The Bertz CT molecular complexity index is 1340. The van der Waals surface area contributed by atoms with E-state index in [9.17, 15) is 8.78 Å². The Balaban J connectivity index is 0.00000120. The van der Waals surface area contributed by atoms with E-state index in [4.69, 9.17) is 11.1 Å². The van der Waals surface area contributed by atoms with Crippen molar-refractivity contribution in [3.05, 3.63) is 118 Å². The number of hydrogen-bond donors (Lipinski definition) is 0. The summed E-state index contributed by atoms with van der Waals surface area (Å²) in [7, 11) is -0.255. The fraction of sp³-hybridized carbons (Fsp3) is 0.111. The molecule has 2 radical (unpaired) electrons.